The van der Waals surface area contributed by atoms with E-state index < -0.39 is 0 Å². The van der Waals surface area contributed by atoms with E-state index in [9.17, 15) is 0 Å². The zero-order valence-electron chi connectivity index (χ0n) is 13.0. The maximum Gasteiger partial charge on any atom is 0.141 e. The van der Waals surface area contributed by atoms with Gasteiger partial charge in [-0.25, -0.2) is 0 Å². The first-order valence-corrected chi connectivity index (χ1v) is 7.30. The molecule has 0 aliphatic carbocycles. The smallest absolute Gasteiger partial charge is 0.141 e. The molecule has 0 aromatic heterocycles. The summed E-state index contributed by atoms with van der Waals surface area (Å²) in [6.07, 6.45) is 0. The van der Waals surface area contributed by atoms with Crippen molar-refractivity contribution in [3.8, 4) is 5.75 Å². The molecular formula is C15H25I2NO. The second-order valence-electron chi connectivity index (χ2n) is 6.85. The zero-order valence-corrected chi connectivity index (χ0v) is 17.3. The van der Waals surface area contributed by atoms with Gasteiger partial charge in [0.1, 0.15) is 12.3 Å². The molecule has 2 nitrogen and oxygen atoms in total. The standard InChI is InChI=1S/C15H25INO.HI/c1-15(2,3)12-8-11(10-17(4,5)6)14(18-7)13(16)9-12;/h8-9H,10H2,1-7H3;1H/q+1;/p-1. The maximum absolute atomic E-state index is 5.57. The summed E-state index contributed by atoms with van der Waals surface area (Å²) in [6, 6.07) is 4.53. The SMILES string of the molecule is COc1c(I)cc(C(C)(C)C)cc1C[N+](C)(C)C.[I-]. The van der Waals surface area contributed by atoms with Gasteiger partial charge in [0, 0.05) is 5.56 Å². The van der Waals surface area contributed by atoms with Gasteiger partial charge in [0.05, 0.1) is 31.8 Å². The minimum Gasteiger partial charge on any atom is -1.00 e. The first-order chi connectivity index (χ1) is 8.04. The summed E-state index contributed by atoms with van der Waals surface area (Å²) in [5.41, 5.74) is 2.84. The molecule has 4 heteroatoms. The maximum atomic E-state index is 5.57. The third-order valence-corrected chi connectivity index (χ3v) is 3.64. The molecule has 0 radical (unpaired) electrons. The van der Waals surface area contributed by atoms with Gasteiger partial charge in [0.2, 0.25) is 0 Å². The molecular weight excluding hydrogens is 464 g/mol. The molecule has 0 saturated heterocycles. The van der Waals surface area contributed by atoms with Crippen LogP contribution in [0.15, 0.2) is 12.1 Å². The number of rotatable bonds is 3. The Morgan fingerprint density at radius 3 is 2.05 bits per heavy atom. The van der Waals surface area contributed by atoms with E-state index in [2.05, 4.69) is 76.6 Å². The Morgan fingerprint density at radius 1 is 1.16 bits per heavy atom. The summed E-state index contributed by atoms with van der Waals surface area (Å²) in [7, 11) is 8.37. The number of quaternary nitrogens is 1. The van der Waals surface area contributed by atoms with Crippen LogP contribution < -0.4 is 28.7 Å². The molecule has 0 unspecified atom stereocenters. The van der Waals surface area contributed by atoms with Crippen molar-refractivity contribution >= 4 is 22.6 Å². The van der Waals surface area contributed by atoms with Crippen molar-refractivity contribution in [3.05, 3.63) is 26.8 Å². The summed E-state index contributed by atoms with van der Waals surface area (Å²) >= 11 is 2.37. The van der Waals surface area contributed by atoms with Crippen molar-refractivity contribution in [2.75, 3.05) is 28.3 Å². The van der Waals surface area contributed by atoms with Crippen LogP contribution in [0.1, 0.15) is 31.9 Å². The van der Waals surface area contributed by atoms with Crippen LogP contribution in [0.2, 0.25) is 0 Å². The molecule has 0 N–H and O–H groups in total. The fraction of sp³-hybridized carbons (Fsp3) is 0.600. The Bertz CT molecular complexity index is 431. The Morgan fingerprint density at radius 2 is 1.68 bits per heavy atom. The van der Waals surface area contributed by atoms with Gasteiger partial charge in [-0.15, -0.1) is 0 Å². The van der Waals surface area contributed by atoms with Crippen LogP contribution >= 0.6 is 22.6 Å². The molecule has 0 atom stereocenters. The average Bonchev–Trinajstić information content (AvgIpc) is 2.13. The number of hydrogen-bond acceptors (Lipinski definition) is 1. The topological polar surface area (TPSA) is 9.23 Å². The normalized spacial score (nSPS) is 12.0. The summed E-state index contributed by atoms with van der Waals surface area (Å²) in [5, 5.41) is 0. The molecule has 1 aromatic carbocycles. The third-order valence-electron chi connectivity index (χ3n) is 2.84. The summed E-state index contributed by atoms with van der Waals surface area (Å²) in [6.45, 7) is 7.73. The minimum absolute atomic E-state index is 0. The number of benzene rings is 1. The highest BCUT2D eigenvalue weighted by Crippen LogP contribution is 2.33. The van der Waals surface area contributed by atoms with E-state index in [1.807, 2.05) is 0 Å². The van der Waals surface area contributed by atoms with Crippen molar-refractivity contribution in [1.29, 1.82) is 0 Å². The van der Waals surface area contributed by atoms with Gasteiger partial charge in [-0.3, -0.25) is 0 Å². The minimum atomic E-state index is 0. The second kappa shape index (κ2) is 6.93. The van der Waals surface area contributed by atoms with Crippen molar-refractivity contribution in [2.45, 2.75) is 32.7 Å². The first kappa shape index (κ1) is 19.4. The van der Waals surface area contributed by atoms with Crippen LogP contribution in [0.25, 0.3) is 0 Å². The number of hydrogen-bond donors (Lipinski definition) is 0. The summed E-state index contributed by atoms with van der Waals surface area (Å²) in [4.78, 5) is 0. The first-order valence-electron chi connectivity index (χ1n) is 6.22. The van der Waals surface area contributed by atoms with Gasteiger partial charge < -0.3 is 33.2 Å². The fourth-order valence-corrected chi connectivity index (χ4v) is 2.84. The second-order valence-corrected chi connectivity index (χ2v) is 8.01. The van der Waals surface area contributed by atoms with E-state index in [4.69, 9.17) is 4.74 Å². The predicted octanol–water partition coefficient (Wildman–Crippen LogP) is 0.807. The lowest BCUT2D eigenvalue weighted by atomic mass is 9.86. The van der Waals surface area contributed by atoms with Gasteiger partial charge in [0.25, 0.3) is 0 Å². The summed E-state index contributed by atoms with van der Waals surface area (Å²) in [5.74, 6) is 1.02. The summed E-state index contributed by atoms with van der Waals surface area (Å²) < 4.78 is 7.67. The van der Waals surface area contributed by atoms with E-state index in [1.165, 1.54) is 14.7 Å². The highest BCUT2D eigenvalue weighted by Gasteiger charge is 2.21. The lowest BCUT2D eigenvalue weighted by Gasteiger charge is -2.27. The average molecular weight is 489 g/mol. The van der Waals surface area contributed by atoms with E-state index in [0.717, 1.165) is 16.8 Å². The van der Waals surface area contributed by atoms with Gasteiger partial charge in [-0.05, 0) is 45.7 Å². The molecule has 0 aliphatic heterocycles. The predicted molar refractivity (Wildman–Crippen MR) is 86.1 cm³/mol. The monoisotopic (exact) mass is 489 g/mol. The molecule has 0 heterocycles. The van der Waals surface area contributed by atoms with Crippen LogP contribution in [0.4, 0.5) is 0 Å². The van der Waals surface area contributed by atoms with E-state index in [-0.39, 0.29) is 29.4 Å². The van der Waals surface area contributed by atoms with Gasteiger partial charge in [-0.1, -0.05) is 20.8 Å². The molecule has 0 bridgehead atoms. The van der Waals surface area contributed by atoms with Crippen molar-refractivity contribution in [2.24, 2.45) is 0 Å². The van der Waals surface area contributed by atoms with E-state index in [0.29, 0.717) is 0 Å². The van der Waals surface area contributed by atoms with Crippen LogP contribution in [-0.4, -0.2) is 32.7 Å². The zero-order chi connectivity index (χ0) is 14.1. The molecule has 0 fully saturated rings. The number of methoxy groups -OCH3 is 1. The van der Waals surface area contributed by atoms with E-state index in [1.54, 1.807) is 7.11 Å². The van der Waals surface area contributed by atoms with Gasteiger partial charge in [0.15, 0.2) is 0 Å². The van der Waals surface area contributed by atoms with Crippen LogP contribution in [-0.2, 0) is 12.0 Å². The molecule has 0 amide bonds. The molecule has 19 heavy (non-hydrogen) atoms. The Labute approximate surface area is 148 Å². The van der Waals surface area contributed by atoms with Crippen molar-refractivity contribution < 1.29 is 33.2 Å². The lowest BCUT2D eigenvalue weighted by molar-refractivity contribution is -0.884. The molecule has 1 rings (SSSR count). The number of ether oxygens (including phenoxy) is 1. The Balaban J connectivity index is 0.00000324. The number of nitrogens with zero attached hydrogens (tertiary/aromatic N) is 1. The van der Waals surface area contributed by atoms with Crippen LogP contribution in [0.3, 0.4) is 0 Å². The molecule has 0 saturated carbocycles. The Hall–Kier alpha value is 0.440. The third kappa shape index (κ3) is 5.75. The van der Waals surface area contributed by atoms with Gasteiger partial charge in [-0.2, -0.15) is 0 Å². The fourth-order valence-electron chi connectivity index (χ4n) is 1.94. The Kier molecular flexibility index (Phi) is 7.09. The number of halogens is 2. The van der Waals surface area contributed by atoms with Crippen LogP contribution in [0, 0.1) is 3.57 Å². The molecule has 110 valence electrons. The van der Waals surface area contributed by atoms with Gasteiger partial charge >= 0.3 is 0 Å². The largest absolute Gasteiger partial charge is 1.00 e. The highest BCUT2D eigenvalue weighted by atomic mass is 127. The van der Waals surface area contributed by atoms with Crippen LogP contribution in [0.5, 0.6) is 5.75 Å². The van der Waals surface area contributed by atoms with E-state index >= 15 is 0 Å². The quantitative estimate of drug-likeness (QED) is 0.452. The molecule has 0 spiro atoms. The van der Waals surface area contributed by atoms with Crippen molar-refractivity contribution in [3.63, 3.8) is 0 Å². The lowest BCUT2D eigenvalue weighted by Crippen LogP contribution is -3.00. The highest BCUT2D eigenvalue weighted by molar-refractivity contribution is 14.1. The molecule has 1 aromatic rings. The van der Waals surface area contributed by atoms with Crippen molar-refractivity contribution in [1.82, 2.24) is 0 Å². The molecule has 0 aliphatic rings.